The Balaban J connectivity index is 3.22. The SMILES string of the molecule is C=C(C)CC(C(=O)OC)S(=O)(=O)c1ccc(C)cc1. The van der Waals surface area contributed by atoms with Crippen LogP contribution in [0.25, 0.3) is 0 Å². The number of ether oxygens (including phenoxy) is 1. The van der Waals surface area contributed by atoms with Crippen LogP contribution in [-0.2, 0) is 19.4 Å². The zero-order valence-corrected chi connectivity index (χ0v) is 12.2. The Labute approximate surface area is 114 Å². The van der Waals surface area contributed by atoms with Gasteiger partial charge in [-0.05, 0) is 32.4 Å². The van der Waals surface area contributed by atoms with E-state index in [1.165, 1.54) is 19.2 Å². The van der Waals surface area contributed by atoms with Crippen LogP contribution in [0.15, 0.2) is 41.3 Å². The summed E-state index contributed by atoms with van der Waals surface area (Å²) in [5, 5.41) is -1.24. The van der Waals surface area contributed by atoms with Crippen LogP contribution in [0, 0.1) is 6.92 Å². The van der Waals surface area contributed by atoms with Crippen LogP contribution in [-0.4, -0.2) is 26.7 Å². The number of sulfone groups is 1. The number of methoxy groups -OCH3 is 1. The molecular weight excluding hydrogens is 264 g/mol. The van der Waals surface area contributed by atoms with E-state index in [1.807, 2.05) is 6.92 Å². The van der Waals surface area contributed by atoms with Crippen molar-refractivity contribution in [1.82, 2.24) is 0 Å². The number of hydrogen-bond donors (Lipinski definition) is 0. The molecule has 0 spiro atoms. The first-order chi connectivity index (χ1) is 8.78. The minimum absolute atomic E-state index is 0.0584. The first-order valence-corrected chi connectivity index (χ1v) is 7.36. The third-order valence-corrected chi connectivity index (χ3v) is 4.76. The van der Waals surface area contributed by atoms with E-state index in [2.05, 4.69) is 11.3 Å². The largest absolute Gasteiger partial charge is 0.468 e. The second-order valence-electron chi connectivity index (χ2n) is 4.53. The van der Waals surface area contributed by atoms with Gasteiger partial charge in [-0.3, -0.25) is 4.79 Å². The van der Waals surface area contributed by atoms with E-state index in [9.17, 15) is 13.2 Å². The Morgan fingerprint density at radius 3 is 2.26 bits per heavy atom. The van der Waals surface area contributed by atoms with Gasteiger partial charge in [0.05, 0.1) is 12.0 Å². The van der Waals surface area contributed by atoms with Crippen molar-refractivity contribution in [3.8, 4) is 0 Å². The Morgan fingerprint density at radius 2 is 1.84 bits per heavy atom. The fraction of sp³-hybridized carbons (Fsp3) is 0.357. The average Bonchev–Trinajstić information content (AvgIpc) is 2.35. The van der Waals surface area contributed by atoms with Crippen molar-refractivity contribution in [2.24, 2.45) is 0 Å². The first kappa shape index (κ1) is 15.4. The topological polar surface area (TPSA) is 60.4 Å². The lowest BCUT2D eigenvalue weighted by molar-refractivity contribution is -0.140. The highest BCUT2D eigenvalue weighted by molar-refractivity contribution is 7.92. The van der Waals surface area contributed by atoms with Gasteiger partial charge in [-0.15, -0.1) is 6.58 Å². The maximum atomic E-state index is 12.4. The molecule has 0 N–H and O–H groups in total. The first-order valence-electron chi connectivity index (χ1n) is 5.82. The van der Waals surface area contributed by atoms with Crippen molar-refractivity contribution >= 4 is 15.8 Å². The average molecular weight is 282 g/mol. The molecule has 0 aliphatic rings. The second-order valence-corrected chi connectivity index (χ2v) is 6.66. The predicted molar refractivity (Wildman–Crippen MR) is 73.6 cm³/mol. The highest BCUT2D eigenvalue weighted by Gasteiger charge is 2.34. The normalized spacial score (nSPS) is 12.8. The molecule has 0 bridgehead atoms. The molecule has 0 fully saturated rings. The molecular formula is C14H18O4S. The highest BCUT2D eigenvalue weighted by atomic mass is 32.2. The van der Waals surface area contributed by atoms with Crippen LogP contribution in [0.2, 0.25) is 0 Å². The van der Waals surface area contributed by atoms with Crippen molar-refractivity contribution in [2.75, 3.05) is 7.11 Å². The number of aryl methyl sites for hydroxylation is 1. The van der Waals surface area contributed by atoms with Gasteiger partial charge in [0.25, 0.3) is 0 Å². The van der Waals surface area contributed by atoms with Crippen molar-refractivity contribution in [1.29, 1.82) is 0 Å². The molecule has 4 nitrogen and oxygen atoms in total. The minimum atomic E-state index is -3.76. The number of carbonyl (C=O) groups is 1. The van der Waals surface area contributed by atoms with E-state index in [4.69, 9.17) is 0 Å². The summed E-state index contributed by atoms with van der Waals surface area (Å²) in [6.45, 7) is 7.21. The third kappa shape index (κ3) is 3.67. The van der Waals surface area contributed by atoms with E-state index in [0.29, 0.717) is 5.57 Å². The smallest absolute Gasteiger partial charge is 0.324 e. The standard InChI is InChI=1S/C14H18O4S/c1-10(2)9-13(14(15)18-4)19(16,17)12-7-5-11(3)6-8-12/h5-8,13H,1,9H2,2-4H3. The lowest BCUT2D eigenvalue weighted by atomic mass is 10.2. The molecule has 0 aromatic heterocycles. The zero-order valence-electron chi connectivity index (χ0n) is 11.3. The summed E-state index contributed by atoms with van der Waals surface area (Å²) >= 11 is 0. The van der Waals surface area contributed by atoms with Crippen LogP contribution < -0.4 is 0 Å². The zero-order chi connectivity index (χ0) is 14.6. The maximum Gasteiger partial charge on any atom is 0.324 e. The quantitative estimate of drug-likeness (QED) is 0.614. The van der Waals surface area contributed by atoms with Gasteiger partial charge in [-0.2, -0.15) is 0 Å². The Bertz CT molecular complexity index is 570. The number of esters is 1. The van der Waals surface area contributed by atoms with Gasteiger partial charge in [0, 0.05) is 0 Å². The van der Waals surface area contributed by atoms with Crippen LogP contribution in [0.5, 0.6) is 0 Å². The molecule has 0 amide bonds. The Morgan fingerprint density at radius 1 is 1.32 bits per heavy atom. The second kappa shape index (κ2) is 6.02. The van der Waals surface area contributed by atoms with Gasteiger partial charge in [0.15, 0.2) is 15.1 Å². The summed E-state index contributed by atoms with van der Waals surface area (Å²) < 4.78 is 29.5. The fourth-order valence-corrected chi connectivity index (χ4v) is 3.36. The number of benzene rings is 1. The monoisotopic (exact) mass is 282 g/mol. The third-order valence-electron chi connectivity index (χ3n) is 2.72. The molecule has 0 aliphatic carbocycles. The summed E-state index contributed by atoms with van der Waals surface area (Å²) in [6.07, 6.45) is 0.0584. The summed E-state index contributed by atoms with van der Waals surface area (Å²) in [4.78, 5) is 11.8. The summed E-state index contributed by atoms with van der Waals surface area (Å²) in [7, 11) is -2.58. The molecule has 1 aromatic carbocycles. The lowest BCUT2D eigenvalue weighted by Crippen LogP contribution is -2.31. The molecule has 1 aromatic rings. The summed E-state index contributed by atoms with van der Waals surface area (Å²) in [5.74, 6) is -0.761. The van der Waals surface area contributed by atoms with Gasteiger partial charge >= 0.3 is 5.97 Å². The van der Waals surface area contributed by atoms with Crippen molar-refractivity contribution < 1.29 is 17.9 Å². The number of rotatable bonds is 5. The van der Waals surface area contributed by atoms with Gasteiger partial charge in [-0.1, -0.05) is 23.3 Å². The van der Waals surface area contributed by atoms with Crippen molar-refractivity contribution in [3.05, 3.63) is 42.0 Å². The highest BCUT2D eigenvalue weighted by Crippen LogP contribution is 2.22. The van der Waals surface area contributed by atoms with Crippen LogP contribution in [0.4, 0.5) is 0 Å². The molecule has 104 valence electrons. The van der Waals surface area contributed by atoms with E-state index in [0.717, 1.165) is 5.56 Å². The molecule has 0 saturated carbocycles. The molecule has 1 rings (SSSR count). The number of allylic oxidation sites excluding steroid dienone is 1. The van der Waals surface area contributed by atoms with Crippen LogP contribution >= 0.6 is 0 Å². The van der Waals surface area contributed by atoms with E-state index in [1.54, 1.807) is 19.1 Å². The van der Waals surface area contributed by atoms with E-state index in [-0.39, 0.29) is 11.3 Å². The molecule has 0 aliphatic heterocycles. The maximum absolute atomic E-state index is 12.4. The van der Waals surface area contributed by atoms with Crippen LogP contribution in [0.3, 0.4) is 0 Å². The van der Waals surface area contributed by atoms with Gasteiger partial charge in [-0.25, -0.2) is 8.42 Å². The Hall–Kier alpha value is -1.62. The summed E-state index contributed by atoms with van der Waals surface area (Å²) in [5.41, 5.74) is 1.57. The number of carbonyl (C=O) groups excluding carboxylic acids is 1. The van der Waals surface area contributed by atoms with Gasteiger partial charge in [0.1, 0.15) is 0 Å². The number of hydrogen-bond acceptors (Lipinski definition) is 4. The lowest BCUT2D eigenvalue weighted by Gasteiger charge is -2.15. The molecule has 19 heavy (non-hydrogen) atoms. The van der Waals surface area contributed by atoms with E-state index >= 15 is 0 Å². The molecule has 0 heterocycles. The Kier molecular flexibility index (Phi) is 4.89. The van der Waals surface area contributed by atoms with Gasteiger partial charge < -0.3 is 4.74 Å². The van der Waals surface area contributed by atoms with Gasteiger partial charge in [0.2, 0.25) is 0 Å². The molecule has 0 saturated heterocycles. The van der Waals surface area contributed by atoms with Crippen molar-refractivity contribution in [2.45, 2.75) is 30.4 Å². The van der Waals surface area contributed by atoms with Crippen molar-refractivity contribution in [3.63, 3.8) is 0 Å². The fourth-order valence-electron chi connectivity index (χ4n) is 1.66. The summed E-state index contributed by atoms with van der Waals surface area (Å²) in [6, 6.07) is 6.39. The van der Waals surface area contributed by atoms with Crippen LogP contribution in [0.1, 0.15) is 18.9 Å². The minimum Gasteiger partial charge on any atom is -0.468 e. The molecule has 5 heteroatoms. The molecule has 1 atom stereocenters. The molecule has 0 radical (unpaired) electrons. The van der Waals surface area contributed by atoms with E-state index < -0.39 is 21.1 Å². The predicted octanol–water partition coefficient (Wildman–Crippen LogP) is 2.28. The molecule has 1 unspecified atom stereocenters.